The first-order valence-corrected chi connectivity index (χ1v) is 6.81. The number of imide groups is 1. The number of fused-ring (bicyclic) bond motifs is 1. The average molecular weight is 260 g/mol. The van der Waals surface area contributed by atoms with Crippen LogP contribution in [-0.2, 0) is 0 Å². The number of nitrogens with zero attached hydrogens (tertiary/aromatic N) is 2. The molecule has 92 valence electrons. The van der Waals surface area contributed by atoms with Gasteiger partial charge < -0.3 is 0 Å². The minimum Gasteiger partial charge on any atom is -0.274 e. The van der Waals surface area contributed by atoms with Crippen molar-refractivity contribution in [1.82, 2.24) is 4.90 Å². The van der Waals surface area contributed by atoms with Crippen molar-refractivity contribution >= 4 is 23.6 Å². The zero-order chi connectivity index (χ0) is 13.0. The molecular formula is C13H12N2O2S. The molecule has 0 aliphatic carbocycles. The first kappa shape index (κ1) is 12.7. The van der Waals surface area contributed by atoms with Gasteiger partial charge in [-0.05, 0) is 24.3 Å². The Morgan fingerprint density at radius 2 is 1.78 bits per heavy atom. The summed E-state index contributed by atoms with van der Waals surface area (Å²) in [6.45, 7) is 0.421. The lowest BCUT2D eigenvalue weighted by molar-refractivity contribution is 0.0655. The van der Waals surface area contributed by atoms with Crippen LogP contribution in [0.1, 0.15) is 27.1 Å². The number of nitriles is 1. The van der Waals surface area contributed by atoms with Crippen LogP contribution in [0.15, 0.2) is 24.3 Å². The van der Waals surface area contributed by atoms with Crippen LogP contribution in [-0.4, -0.2) is 34.8 Å². The summed E-state index contributed by atoms with van der Waals surface area (Å²) >= 11 is 1.51. The molecular weight excluding hydrogens is 248 g/mol. The van der Waals surface area contributed by atoms with Gasteiger partial charge in [0, 0.05) is 6.54 Å². The van der Waals surface area contributed by atoms with E-state index in [-0.39, 0.29) is 11.8 Å². The second-order valence-electron chi connectivity index (χ2n) is 3.87. The van der Waals surface area contributed by atoms with Crippen molar-refractivity contribution in [3.8, 4) is 6.07 Å². The third kappa shape index (κ3) is 2.39. The number of rotatable bonds is 5. The molecule has 1 aliphatic rings. The SMILES string of the molecule is N#CCSCCCN1C(=O)c2ccccc2C1=O. The minimum absolute atomic E-state index is 0.208. The van der Waals surface area contributed by atoms with E-state index in [9.17, 15) is 9.59 Å². The summed E-state index contributed by atoms with van der Waals surface area (Å²) in [6.07, 6.45) is 0.720. The summed E-state index contributed by atoms with van der Waals surface area (Å²) < 4.78 is 0. The second-order valence-corrected chi connectivity index (χ2v) is 4.98. The van der Waals surface area contributed by atoms with E-state index >= 15 is 0 Å². The third-order valence-electron chi connectivity index (χ3n) is 2.72. The normalized spacial score (nSPS) is 13.6. The molecule has 0 N–H and O–H groups in total. The standard InChI is InChI=1S/C13H12N2O2S/c14-6-9-18-8-3-7-15-12(16)10-4-1-2-5-11(10)13(15)17/h1-2,4-5H,3,7-9H2. The fourth-order valence-electron chi connectivity index (χ4n) is 1.88. The van der Waals surface area contributed by atoms with E-state index in [1.807, 2.05) is 6.07 Å². The van der Waals surface area contributed by atoms with Crippen LogP contribution in [0.5, 0.6) is 0 Å². The summed E-state index contributed by atoms with van der Waals surface area (Å²) in [5.41, 5.74) is 0.986. The van der Waals surface area contributed by atoms with Crippen LogP contribution < -0.4 is 0 Å². The van der Waals surface area contributed by atoms with Gasteiger partial charge in [-0.1, -0.05) is 12.1 Å². The van der Waals surface area contributed by atoms with Gasteiger partial charge in [-0.25, -0.2) is 0 Å². The Morgan fingerprint density at radius 3 is 2.33 bits per heavy atom. The van der Waals surface area contributed by atoms with Crippen molar-refractivity contribution in [2.24, 2.45) is 0 Å². The lowest BCUT2D eigenvalue weighted by Gasteiger charge is -2.12. The summed E-state index contributed by atoms with van der Waals surface area (Å²) in [5.74, 6) is 0.810. The molecule has 0 saturated heterocycles. The van der Waals surface area contributed by atoms with Crippen LogP contribution in [0.25, 0.3) is 0 Å². The molecule has 0 radical (unpaired) electrons. The smallest absolute Gasteiger partial charge is 0.261 e. The lowest BCUT2D eigenvalue weighted by Crippen LogP contribution is -2.31. The van der Waals surface area contributed by atoms with Gasteiger partial charge in [-0.15, -0.1) is 11.8 Å². The Morgan fingerprint density at radius 1 is 1.17 bits per heavy atom. The van der Waals surface area contributed by atoms with Gasteiger partial charge >= 0.3 is 0 Å². The fourth-order valence-corrected chi connectivity index (χ4v) is 2.45. The molecule has 18 heavy (non-hydrogen) atoms. The Kier molecular flexibility index (Phi) is 4.00. The van der Waals surface area contributed by atoms with Crippen LogP contribution in [0.2, 0.25) is 0 Å². The van der Waals surface area contributed by atoms with Gasteiger partial charge in [-0.2, -0.15) is 5.26 Å². The molecule has 0 bridgehead atoms. The number of hydrogen-bond acceptors (Lipinski definition) is 4. The summed E-state index contributed by atoms with van der Waals surface area (Å²) in [4.78, 5) is 25.2. The second kappa shape index (κ2) is 5.69. The average Bonchev–Trinajstić information content (AvgIpc) is 2.64. The van der Waals surface area contributed by atoms with Crippen molar-refractivity contribution < 1.29 is 9.59 Å². The molecule has 0 fully saturated rings. The predicted octanol–water partition coefficient (Wildman–Crippen LogP) is 1.93. The van der Waals surface area contributed by atoms with E-state index in [1.165, 1.54) is 16.7 Å². The maximum Gasteiger partial charge on any atom is 0.261 e. The Labute approximate surface area is 110 Å². The maximum atomic E-state index is 12.0. The molecule has 1 aromatic rings. The molecule has 2 rings (SSSR count). The Balaban J connectivity index is 1.95. The van der Waals surface area contributed by atoms with Crippen molar-refractivity contribution in [2.75, 3.05) is 18.1 Å². The number of amides is 2. The molecule has 1 aromatic carbocycles. The van der Waals surface area contributed by atoms with E-state index in [0.717, 1.165) is 12.2 Å². The van der Waals surface area contributed by atoms with Crippen LogP contribution >= 0.6 is 11.8 Å². The predicted molar refractivity (Wildman–Crippen MR) is 69.4 cm³/mol. The van der Waals surface area contributed by atoms with Gasteiger partial charge in [0.15, 0.2) is 0 Å². The highest BCUT2D eigenvalue weighted by Crippen LogP contribution is 2.22. The molecule has 0 saturated carbocycles. The van der Waals surface area contributed by atoms with Crippen LogP contribution in [0.3, 0.4) is 0 Å². The number of carbonyl (C=O) groups excluding carboxylic acids is 2. The number of thioether (sulfide) groups is 1. The highest BCUT2D eigenvalue weighted by Gasteiger charge is 2.34. The summed E-state index contributed by atoms with van der Waals surface area (Å²) in [6, 6.07) is 8.92. The molecule has 0 aromatic heterocycles. The summed E-state index contributed by atoms with van der Waals surface area (Å²) in [5, 5.41) is 8.39. The molecule has 0 unspecified atom stereocenters. The monoisotopic (exact) mass is 260 g/mol. The van der Waals surface area contributed by atoms with E-state index in [2.05, 4.69) is 0 Å². The fraction of sp³-hybridized carbons (Fsp3) is 0.308. The number of hydrogen-bond donors (Lipinski definition) is 0. The van der Waals surface area contributed by atoms with E-state index in [4.69, 9.17) is 5.26 Å². The van der Waals surface area contributed by atoms with Crippen molar-refractivity contribution in [2.45, 2.75) is 6.42 Å². The number of benzene rings is 1. The maximum absolute atomic E-state index is 12.0. The van der Waals surface area contributed by atoms with E-state index < -0.39 is 0 Å². The minimum atomic E-state index is -0.208. The van der Waals surface area contributed by atoms with E-state index in [0.29, 0.717) is 23.4 Å². The van der Waals surface area contributed by atoms with Crippen molar-refractivity contribution in [1.29, 1.82) is 5.26 Å². The highest BCUT2D eigenvalue weighted by molar-refractivity contribution is 7.99. The third-order valence-corrected chi connectivity index (χ3v) is 3.63. The Hall–Kier alpha value is -1.80. The molecule has 2 amide bonds. The first-order chi connectivity index (χ1) is 8.75. The molecule has 4 nitrogen and oxygen atoms in total. The molecule has 1 heterocycles. The number of carbonyl (C=O) groups is 2. The quantitative estimate of drug-likeness (QED) is 0.599. The molecule has 1 aliphatic heterocycles. The topological polar surface area (TPSA) is 61.2 Å². The van der Waals surface area contributed by atoms with Crippen molar-refractivity contribution in [3.63, 3.8) is 0 Å². The van der Waals surface area contributed by atoms with E-state index in [1.54, 1.807) is 24.3 Å². The highest BCUT2D eigenvalue weighted by atomic mass is 32.2. The van der Waals surface area contributed by atoms with Gasteiger partial charge in [0.25, 0.3) is 11.8 Å². The van der Waals surface area contributed by atoms with Gasteiger partial charge in [0.1, 0.15) is 0 Å². The first-order valence-electron chi connectivity index (χ1n) is 5.65. The zero-order valence-electron chi connectivity index (χ0n) is 9.76. The largest absolute Gasteiger partial charge is 0.274 e. The summed E-state index contributed by atoms with van der Waals surface area (Å²) in [7, 11) is 0. The molecule has 0 spiro atoms. The zero-order valence-corrected chi connectivity index (χ0v) is 10.6. The molecule has 0 atom stereocenters. The van der Waals surface area contributed by atoms with Gasteiger partial charge in [0.05, 0.1) is 22.9 Å². The van der Waals surface area contributed by atoms with Gasteiger partial charge in [0.2, 0.25) is 0 Å². The van der Waals surface area contributed by atoms with Crippen LogP contribution in [0.4, 0.5) is 0 Å². The Bertz CT molecular complexity index is 487. The molecule has 5 heteroatoms. The van der Waals surface area contributed by atoms with Gasteiger partial charge in [-0.3, -0.25) is 14.5 Å². The van der Waals surface area contributed by atoms with Crippen molar-refractivity contribution in [3.05, 3.63) is 35.4 Å². The lowest BCUT2D eigenvalue weighted by atomic mass is 10.1. The van der Waals surface area contributed by atoms with Crippen LogP contribution in [0, 0.1) is 11.3 Å².